The van der Waals surface area contributed by atoms with Gasteiger partial charge in [-0.15, -0.1) is 0 Å². The third-order valence-corrected chi connectivity index (χ3v) is 3.63. The molecular weight excluding hydrogens is 336 g/mol. The van der Waals surface area contributed by atoms with E-state index in [9.17, 15) is 26.3 Å². The summed E-state index contributed by atoms with van der Waals surface area (Å²) in [6.07, 6.45) is -9.97. The van der Waals surface area contributed by atoms with Crippen molar-refractivity contribution in [3.8, 4) is 0 Å². The van der Waals surface area contributed by atoms with E-state index >= 15 is 0 Å². The second-order valence-electron chi connectivity index (χ2n) is 5.32. The average Bonchev–Trinajstić information content (AvgIpc) is 2.83. The molecular formula is C15H11F6N3. The van der Waals surface area contributed by atoms with Crippen LogP contribution in [-0.4, -0.2) is 18.7 Å². The van der Waals surface area contributed by atoms with Crippen molar-refractivity contribution >= 4 is 17.1 Å². The molecule has 3 nitrogen and oxygen atoms in total. The van der Waals surface area contributed by atoms with Crippen LogP contribution in [0.3, 0.4) is 0 Å². The first kappa shape index (κ1) is 16.4. The molecule has 2 aromatic rings. The molecule has 0 amide bonds. The van der Waals surface area contributed by atoms with Crippen LogP contribution >= 0.6 is 0 Å². The first-order valence-electron chi connectivity index (χ1n) is 6.82. The zero-order chi connectivity index (χ0) is 17.7. The van der Waals surface area contributed by atoms with Crippen molar-refractivity contribution < 1.29 is 26.3 Å². The number of fused-ring (bicyclic) bond motifs is 1. The number of rotatable bonds is 1. The summed E-state index contributed by atoms with van der Waals surface area (Å²) in [5.41, 5.74) is -3.13. The maximum Gasteiger partial charge on any atom is 0.435 e. The van der Waals surface area contributed by atoms with Gasteiger partial charge in [0.05, 0.1) is 18.0 Å². The van der Waals surface area contributed by atoms with Crippen LogP contribution in [0.25, 0.3) is 0 Å². The predicted molar refractivity (Wildman–Crippen MR) is 76.1 cm³/mol. The first-order valence-corrected chi connectivity index (χ1v) is 6.82. The van der Waals surface area contributed by atoms with Gasteiger partial charge in [-0.05, 0) is 18.2 Å². The summed E-state index contributed by atoms with van der Waals surface area (Å²) in [4.78, 5) is 5.47. The fraction of sp³-hybridized carbons (Fsp3) is 0.267. The van der Waals surface area contributed by atoms with E-state index in [1.54, 1.807) is 30.3 Å². The topological polar surface area (TPSA) is 19.4 Å². The summed E-state index contributed by atoms with van der Waals surface area (Å²) in [5, 5.41) is 0. The minimum atomic E-state index is -4.99. The molecule has 1 aliphatic heterocycles. The van der Waals surface area contributed by atoms with Crippen molar-refractivity contribution in [2.24, 2.45) is 0 Å². The molecule has 0 unspecified atom stereocenters. The second-order valence-corrected chi connectivity index (χ2v) is 5.32. The van der Waals surface area contributed by atoms with Gasteiger partial charge >= 0.3 is 12.4 Å². The van der Waals surface area contributed by atoms with E-state index < -0.39 is 23.7 Å². The SMILES string of the molecule is CN1CN(c2ccccc2)c2cc(C(F)(F)F)nc(C(F)(F)F)c21. The van der Waals surface area contributed by atoms with Crippen LogP contribution in [0.4, 0.5) is 43.4 Å². The molecule has 0 bridgehead atoms. The Morgan fingerprint density at radius 2 is 1.58 bits per heavy atom. The van der Waals surface area contributed by atoms with Gasteiger partial charge in [0.25, 0.3) is 0 Å². The largest absolute Gasteiger partial charge is 0.435 e. The minimum Gasteiger partial charge on any atom is -0.353 e. The van der Waals surface area contributed by atoms with Crippen LogP contribution in [0, 0.1) is 0 Å². The number of anilines is 3. The van der Waals surface area contributed by atoms with Crippen molar-refractivity contribution in [2.45, 2.75) is 12.4 Å². The van der Waals surface area contributed by atoms with Gasteiger partial charge in [0.1, 0.15) is 5.69 Å². The van der Waals surface area contributed by atoms with Crippen LogP contribution in [0.5, 0.6) is 0 Å². The molecule has 0 N–H and O–H groups in total. The first-order chi connectivity index (χ1) is 11.1. The number of nitrogens with zero attached hydrogens (tertiary/aromatic N) is 3. The van der Waals surface area contributed by atoms with Crippen LogP contribution < -0.4 is 9.80 Å². The molecule has 0 fully saturated rings. The summed E-state index contributed by atoms with van der Waals surface area (Å²) in [6.45, 7) is -0.00851. The Hall–Kier alpha value is -2.45. The Balaban J connectivity index is 2.25. The maximum absolute atomic E-state index is 13.2. The summed E-state index contributed by atoms with van der Waals surface area (Å²) >= 11 is 0. The summed E-state index contributed by atoms with van der Waals surface area (Å²) in [5.74, 6) is 0. The highest BCUT2D eigenvalue weighted by Gasteiger charge is 2.45. The summed E-state index contributed by atoms with van der Waals surface area (Å²) in [7, 11) is 1.38. The fourth-order valence-electron chi connectivity index (χ4n) is 2.64. The van der Waals surface area contributed by atoms with E-state index in [-0.39, 0.29) is 18.0 Å². The number of hydrogen-bond donors (Lipinski definition) is 0. The molecule has 3 rings (SSSR count). The number of aromatic nitrogens is 1. The number of para-hydroxylation sites is 1. The average molecular weight is 347 g/mol. The molecule has 128 valence electrons. The van der Waals surface area contributed by atoms with Gasteiger partial charge in [-0.3, -0.25) is 0 Å². The van der Waals surface area contributed by atoms with Gasteiger partial charge in [0.15, 0.2) is 5.69 Å². The monoisotopic (exact) mass is 347 g/mol. The van der Waals surface area contributed by atoms with E-state index in [4.69, 9.17) is 0 Å². The van der Waals surface area contributed by atoms with E-state index in [0.717, 1.165) is 0 Å². The lowest BCUT2D eigenvalue weighted by Crippen LogP contribution is -2.24. The predicted octanol–water partition coefficient (Wildman–Crippen LogP) is 4.66. The van der Waals surface area contributed by atoms with Crippen molar-refractivity contribution in [3.63, 3.8) is 0 Å². The highest BCUT2D eigenvalue weighted by Crippen LogP contribution is 2.48. The van der Waals surface area contributed by atoms with E-state index in [2.05, 4.69) is 4.98 Å². The quantitative estimate of drug-likeness (QED) is 0.699. The molecule has 2 heterocycles. The lowest BCUT2D eigenvalue weighted by Gasteiger charge is -2.20. The minimum absolute atomic E-state index is 0.00851. The Morgan fingerprint density at radius 1 is 0.958 bits per heavy atom. The van der Waals surface area contributed by atoms with E-state index in [0.29, 0.717) is 11.8 Å². The molecule has 1 aromatic carbocycles. The number of pyridine rings is 1. The van der Waals surface area contributed by atoms with Gasteiger partial charge in [0.2, 0.25) is 0 Å². The van der Waals surface area contributed by atoms with Crippen LogP contribution in [0.2, 0.25) is 0 Å². The highest BCUT2D eigenvalue weighted by molar-refractivity contribution is 5.84. The summed E-state index contributed by atoms with van der Waals surface area (Å²) in [6, 6.07) is 8.90. The maximum atomic E-state index is 13.2. The fourth-order valence-corrected chi connectivity index (χ4v) is 2.64. The van der Waals surface area contributed by atoms with Crippen molar-refractivity contribution in [1.82, 2.24) is 4.98 Å². The van der Waals surface area contributed by atoms with Crippen LogP contribution in [-0.2, 0) is 12.4 Å². The van der Waals surface area contributed by atoms with Crippen molar-refractivity contribution in [3.05, 3.63) is 47.8 Å². The lowest BCUT2D eigenvalue weighted by molar-refractivity contribution is -0.149. The molecule has 9 heteroatoms. The number of halogens is 6. The molecule has 0 radical (unpaired) electrons. The van der Waals surface area contributed by atoms with Gasteiger partial charge < -0.3 is 9.80 Å². The molecule has 1 aliphatic rings. The molecule has 0 aliphatic carbocycles. The van der Waals surface area contributed by atoms with Crippen molar-refractivity contribution in [2.75, 3.05) is 23.5 Å². The van der Waals surface area contributed by atoms with Crippen molar-refractivity contribution in [1.29, 1.82) is 0 Å². The molecule has 1 aromatic heterocycles. The third-order valence-electron chi connectivity index (χ3n) is 3.63. The Labute approximate surface area is 133 Å². The van der Waals surface area contributed by atoms with E-state index in [1.807, 2.05) is 0 Å². The Morgan fingerprint density at radius 3 is 2.12 bits per heavy atom. The molecule has 24 heavy (non-hydrogen) atoms. The van der Waals surface area contributed by atoms with Gasteiger partial charge in [-0.25, -0.2) is 4.98 Å². The smallest absolute Gasteiger partial charge is 0.353 e. The van der Waals surface area contributed by atoms with E-state index in [1.165, 1.54) is 16.8 Å². The van der Waals surface area contributed by atoms with Gasteiger partial charge in [-0.1, -0.05) is 18.2 Å². The normalized spacial score (nSPS) is 15.0. The zero-order valence-electron chi connectivity index (χ0n) is 12.3. The Bertz CT molecular complexity index is 754. The zero-order valence-corrected chi connectivity index (χ0v) is 12.3. The third kappa shape index (κ3) is 2.74. The lowest BCUT2D eigenvalue weighted by atomic mass is 10.2. The molecule has 0 atom stereocenters. The highest BCUT2D eigenvalue weighted by atomic mass is 19.4. The molecule has 0 spiro atoms. The second kappa shape index (κ2) is 5.29. The Kier molecular flexibility index (Phi) is 3.61. The molecule has 0 saturated heterocycles. The summed E-state index contributed by atoms with van der Waals surface area (Å²) < 4.78 is 78.7. The standard InChI is InChI=1S/C15H11F6N3/c1-23-8-24(9-5-3-2-4-6-9)10-7-11(14(16,17)18)22-13(12(10)23)15(19,20)21/h2-7H,8H2,1H3. The number of alkyl halides is 6. The van der Waals surface area contributed by atoms with Crippen LogP contribution in [0.15, 0.2) is 36.4 Å². The van der Waals surface area contributed by atoms with Crippen LogP contribution in [0.1, 0.15) is 11.4 Å². The number of hydrogen-bond acceptors (Lipinski definition) is 3. The van der Waals surface area contributed by atoms with Gasteiger partial charge in [0, 0.05) is 12.7 Å². The van der Waals surface area contributed by atoms with Gasteiger partial charge in [-0.2, -0.15) is 26.3 Å². The number of benzene rings is 1. The molecule has 0 saturated carbocycles.